The molecule has 6 heteroatoms. The molecule has 0 fully saturated rings. The van der Waals surface area contributed by atoms with E-state index in [2.05, 4.69) is 65.5 Å². The van der Waals surface area contributed by atoms with Gasteiger partial charge in [0, 0.05) is 82.5 Å². The Morgan fingerprint density at radius 3 is 1.06 bits per heavy atom. The molecular weight excluding hydrogens is 396 g/mol. The zero-order valence-electron chi connectivity index (χ0n) is 17.2. The summed E-state index contributed by atoms with van der Waals surface area (Å²) >= 11 is 0. The highest BCUT2D eigenvalue weighted by molar-refractivity contribution is 6.10. The molecular formula is C26H18N6. The summed E-state index contributed by atoms with van der Waals surface area (Å²) in [6, 6.07) is 8.34. The van der Waals surface area contributed by atoms with Gasteiger partial charge in [-0.1, -0.05) is 0 Å². The zero-order valence-corrected chi connectivity index (χ0v) is 17.2. The van der Waals surface area contributed by atoms with Gasteiger partial charge < -0.3 is 9.13 Å². The molecule has 0 amide bonds. The lowest BCUT2D eigenvalue weighted by Gasteiger charge is -2.19. The molecule has 6 heterocycles. The van der Waals surface area contributed by atoms with Gasteiger partial charge in [-0.3, -0.25) is 19.9 Å². The molecule has 6 nitrogen and oxygen atoms in total. The Morgan fingerprint density at radius 1 is 0.469 bits per heavy atom. The van der Waals surface area contributed by atoms with E-state index in [0.29, 0.717) is 0 Å². The summed E-state index contributed by atoms with van der Waals surface area (Å²) in [7, 11) is 0. The number of nitrogens with zero attached hydrogens (tertiary/aromatic N) is 6. The summed E-state index contributed by atoms with van der Waals surface area (Å²) in [5.74, 6) is 0. The summed E-state index contributed by atoms with van der Waals surface area (Å²) in [5, 5.41) is 4.53. The Kier molecular flexibility index (Phi) is 3.58. The minimum absolute atomic E-state index is 0.937. The van der Waals surface area contributed by atoms with E-state index in [1.165, 1.54) is 33.5 Å². The Balaban J connectivity index is 1.44. The van der Waals surface area contributed by atoms with Crippen molar-refractivity contribution < 1.29 is 0 Å². The molecule has 1 aliphatic rings. The van der Waals surface area contributed by atoms with Crippen LogP contribution >= 0.6 is 0 Å². The van der Waals surface area contributed by atoms with Crippen molar-refractivity contribution in [1.29, 1.82) is 0 Å². The molecule has 0 N–H and O–H groups in total. The van der Waals surface area contributed by atoms with Gasteiger partial charge in [0.25, 0.3) is 0 Å². The summed E-state index contributed by atoms with van der Waals surface area (Å²) in [6.45, 7) is 0. The van der Waals surface area contributed by atoms with Crippen LogP contribution in [0.4, 0.5) is 0 Å². The number of hydrogen-bond acceptors (Lipinski definition) is 4. The smallest absolute Gasteiger partial charge is 0.0569 e. The average Bonchev–Trinajstić information content (AvgIpc) is 3.38. The van der Waals surface area contributed by atoms with Gasteiger partial charge in [0.2, 0.25) is 0 Å². The molecule has 0 atom stereocenters. The van der Waals surface area contributed by atoms with Crippen LogP contribution in [0.2, 0.25) is 0 Å². The molecule has 32 heavy (non-hydrogen) atoms. The van der Waals surface area contributed by atoms with Crippen molar-refractivity contribution in [1.82, 2.24) is 29.1 Å². The number of hydrogen-bond donors (Lipinski definition) is 0. The topological polar surface area (TPSA) is 61.4 Å². The lowest BCUT2D eigenvalue weighted by Crippen LogP contribution is -2.05. The molecule has 0 aliphatic heterocycles. The third-order valence-corrected chi connectivity index (χ3v) is 6.42. The second-order valence-corrected chi connectivity index (χ2v) is 8.06. The highest BCUT2D eigenvalue weighted by atomic mass is 15.0. The summed E-state index contributed by atoms with van der Waals surface area (Å²) in [4.78, 5) is 17.4. The average molecular weight is 414 g/mol. The van der Waals surface area contributed by atoms with Gasteiger partial charge in [-0.2, -0.15) is 0 Å². The van der Waals surface area contributed by atoms with E-state index in [1.807, 2.05) is 49.6 Å². The van der Waals surface area contributed by atoms with Crippen LogP contribution in [-0.4, -0.2) is 29.1 Å². The standard InChI is InChI=1S/C26H18N6/c1-2-18(32-25-7-11-29-15-21(25)22-16-30-12-8-26(22)32)4-3-17(1)31-23-5-9-27-13-19(23)20-14-28-10-6-24(20)31/h1-2,5-16H,3-4H2. The molecule has 0 unspecified atom stereocenters. The van der Waals surface area contributed by atoms with Gasteiger partial charge in [-0.15, -0.1) is 0 Å². The number of fused-ring (bicyclic) bond motifs is 6. The Hall–Kier alpha value is -4.32. The Morgan fingerprint density at radius 2 is 0.781 bits per heavy atom. The molecule has 6 aromatic rings. The predicted molar refractivity (Wildman–Crippen MR) is 128 cm³/mol. The molecule has 0 aromatic carbocycles. The van der Waals surface area contributed by atoms with Crippen LogP contribution in [0.5, 0.6) is 0 Å². The van der Waals surface area contributed by atoms with Crippen molar-refractivity contribution in [3.05, 3.63) is 86.0 Å². The fourth-order valence-corrected chi connectivity index (χ4v) is 5.02. The maximum Gasteiger partial charge on any atom is 0.0569 e. The number of allylic oxidation sites excluding steroid dienone is 4. The molecule has 0 saturated carbocycles. The molecule has 1 aliphatic carbocycles. The van der Waals surface area contributed by atoms with Crippen LogP contribution in [0, 0.1) is 0 Å². The van der Waals surface area contributed by atoms with E-state index < -0.39 is 0 Å². The number of pyridine rings is 4. The molecule has 0 spiro atoms. The van der Waals surface area contributed by atoms with E-state index in [-0.39, 0.29) is 0 Å². The lowest BCUT2D eigenvalue weighted by molar-refractivity contribution is 0.944. The number of aromatic nitrogens is 6. The van der Waals surface area contributed by atoms with E-state index in [9.17, 15) is 0 Å². The first-order valence-corrected chi connectivity index (χ1v) is 10.7. The van der Waals surface area contributed by atoms with Gasteiger partial charge in [0.05, 0.1) is 22.1 Å². The van der Waals surface area contributed by atoms with Crippen molar-refractivity contribution in [3.63, 3.8) is 0 Å². The summed E-state index contributed by atoms with van der Waals surface area (Å²) in [6.07, 6.45) is 21.5. The van der Waals surface area contributed by atoms with Crippen molar-refractivity contribution in [2.75, 3.05) is 0 Å². The second-order valence-electron chi connectivity index (χ2n) is 8.06. The molecule has 0 bridgehead atoms. The fourth-order valence-electron chi connectivity index (χ4n) is 5.02. The van der Waals surface area contributed by atoms with Crippen LogP contribution in [0.25, 0.3) is 55.0 Å². The first-order valence-electron chi connectivity index (χ1n) is 10.7. The molecule has 152 valence electrons. The van der Waals surface area contributed by atoms with Gasteiger partial charge in [0.15, 0.2) is 0 Å². The van der Waals surface area contributed by atoms with Crippen LogP contribution in [-0.2, 0) is 0 Å². The van der Waals surface area contributed by atoms with Crippen molar-refractivity contribution in [2.45, 2.75) is 12.8 Å². The first kappa shape index (κ1) is 17.4. The molecule has 0 saturated heterocycles. The molecule has 0 radical (unpaired) electrons. The third-order valence-electron chi connectivity index (χ3n) is 6.42. The second kappa shape index (κ2) is 6.59. The number of rotatable bonds is 2. The highest BCUT2D eigenvalue weighted by Gasteiger charge is 2.19. The Bertz CT molecular complexity index is 1500. The maximum absolute atomic E-state index is 4.34. The largest absolute Gasteiger partial charge is 0.313 e. The van der Waals surface area contributed by atoms with E-state index >= 15 is 0 Å². The quantitative estimate of drug-likeness (QED) is 0.367. The lowest BCUT2D eigenvalue weighted by atomic mass is 10.1. The fraction of sp³-hybridized carbons (Fsp3) is 0.0769. The van der Waals surface area contributed by atoms with Crippen LogP contribution in [0.1, 0.15) is 12.8 Å². The van der Waals surface area contributed by atoms with E-state index in [1.54, 1.807) is 0 Å². The molecule has 6 aromatic heterocycles. The normalized spacial score (nSPS) is 14.4. The first-order chi connectivity index (χ1) is 15.9. The van der Waals surface area contributed by atoms with Crippen LogP contribution in [0.15, 0.2) is 86.0 Å². The third kappa shape index (κ3) is 2.34. The summed E-state index contributed by atoms with van der Waals surface area (Å²) < 4.78 is 4.70. The van der Waals surface area contributed by atoms with E-state index in [0.717, 1.165) is 34.4 Å². The Labute approximate surface area is 183 Å². The van der Waals surface area contributed by atoms with Crippen molar-refractivity contribution in [2.24, 2.45) is 0 Å². The van der Waals surface area contributed by atoms with Crippen molar-refractivity contribution in [3.8, 4) is 0 Å². The monoisotopic (exact) mass is 414 g/mol. The zero-order chi connectivity index (χ0) is 21.1. The molecule has 7 rings (SSSR count). The van der Waals surface area contributed by atoms with Crippen LogP contribution < -0.4 is 0 Å². The minimum Gasteiger partial charge on any atom is -0.313 e. The van der Waals surface area contributed by atoms with Gasteiger partial charge >= 0.3 is 0 Å². The summed E-state index contributed by atoms with van der Waals surface area (Å²) in [5.41, 5.74) is 7.21. The van der Waals surface area contributed by atoms with Gasteiger partial charge in [0.1, 0.15) is 0 Å². The minimum atomic E-state index is 0.937. The predicted octanol–water partition coefficient (Wildman–Crippen LogP) is 5.66. The van der Waals surface area contributed by atoms with Crippen LogP contribution in [0.3, 0.4) is 0 Å². The highest BCUT2D eigenvalue weighted by Crippen LogP contribution is 2.37. The SMILES string of the molecule is C1=C(n2c3ccncc3c3cnccc32)CCC(n2c3ccncc3c3cnccc32)=C1. The maximum atomic E-state index is 4.34. The van der Waals surface area contributed by atoms with E-state index in [4.69, 9.17) is 0 Å². The van der Waals surface area contributed by atoms with Gasteiger partial charge in [-0.05, 0) is 49.3 Å². The van der Waals surface area contributed by atoms with Gasteiger partial charge in [-0.25, -0.2) is 0 Å². The van der Waals surface area contributed by atoms with Crippen molar-refractivity contribution >= 4 is 55.0 Å².